The summed E-state index contributed by atoms with van der Waals surface area (Å²) in [5.41, 5.74) is 3.83. The maximum atomic E-state index is 10.3. The van der Waals surface area contributed by atoms with Crippen molar-refractivity contribution in [3.63, 3.8) is 0 Å². The lowest BCUT2D eigenvalue weighted by molar-refractivity contribution is 0.156. The lowest BCUT2D eigenvalue weighted by Crippen LogP contribution is -2.19. The maximum absolute atomic E-state index is 10.3. The third kappa shape index (κ3) is 1.98. The Morgan fingerprint density at radius 2 is 2.17 bits per heavy atom. The molecule has 1 aromatic heterocycles. The Morgan fingerprint density at radius 3 is 2.83 bits per heavy atom. The Bertz CT molecular complexity index is 576. The van der Waals surface area contributed by atoms with Crippen LogP contribution in [-0.2, 0) is 6.42 Å². The monoisotopic (exact) mass is 259 g/mol. The molecule has 0 fully saturated rings. The first-order valence-corrected chi connectivity index (χ1v) is 7.16. The molecule has 0 bridgehead atoms. The predicted molar refractivity (Wildman–Crippen MR) is 74.1 cm³/mol. The number of hydrogen-bond acceptors (Lipinski definition) is 3. The number of thiazole rings is 1. The van der Waals surface area contributed by atoms with E-state index in [9.17, 15) is 5.11 Å². The third-order valence-corrected chi connectivity index (χ3v) is 4.89. The molecule has 0 aliphatic heterocycles. The molecule has 1 heterocycles. The van der Waals surface area contributed by atoms with E-state index in [2.05, 4.69) is 29.2 Å². The molecule has 1 aromatic carbocycles. The minimum Gasteiger partial charge on any atom is -0.387 e. The van der Waals surface area contributed by atoms with Crippen molar-refractivity contribution in [3.05, 3.63) is 51.0 Å². The molecule has 1 aliphatic rings. The molecule has 0 saturated carbocycles. The average molecular weight is 259 g/mol. The van der Waals surface area contributed by atoms with Gasteiger partial charge in [-0.3, -0.25) is 0 Å². The van der Waals surface area contributed by atoms with E-state index in [1.807, 2.05) is 13.8 Å². The van der Waals surface area contributed by atoms with Crippen molar-refractivity contribution < 1.29 is 5.11 Å². The fraction of sp³-hybridized carbons (Fsp3) is 0.400. The first-order valence-electron chi connectivity index (χ1n) is 6.35. The van der Waals surface area contributed by atoms with Crippen LogP contribution in [0.1, 0.15) is 45.1 Å². The standard InChI is InChI=1S/C15H17NOS/c1-9-15(18-10(2)16-9)14(17)8-12-7-11-5-3-4-6-13(11)12/h3-6,12,14,17H,7-8H2,1-2H3. The molecule has 3 rings (SSSR count). The van der Waals surface area contributed by atoms with Crippen molar-refractivity contribution in [1.29, 1.82) is 0 Å². The average Bonchev–Trinajstić information content (AvgIpc) is 2.65. The minimum atomic E-state index is -0.366. The Morgan fingerprint density at radius 1 is 1.39 bits per heavy atom. The summed E-state index contributed by atoms with van der Waals surface area (Å²) < 4.78 is 0. The number of aromatic nitrogens is 1. The number of aliphatic hydroxyl groups is 1. The highest BCUT2D eigenvalue weighted by atomic mass is 32.1. The number of aryl methyl sites for hydroxylation is 2. The second-order valence-corrected chi connectivity index (χ2v) is 6.27. The fourth-order valence-electron chi connectivity index (χ4n) is 2.81. The molecule has 0 saturated heterocycles. The molecule has 2 atom stereocenters. The molecular weight excluding hydrogens is 242 g/mol. The van der Waals surface area contributed by atoms with E-state index in [1.54, 1.807) is 11.3 Å². The SMILES string of the molecule is Cc1nc(C)c(C(O)CC2Cc3ccccc32)s1. The zero-order chi connectivity index (χ0) is 12.7. The summed E-state index contributed by atoms with van der Waals surface area (Å²) >= 11 is 1.62. The zero-order valence-corrected chi connectivity index (χ0v) is 11.5. The van der Waals surface area contributed by atoms with Crippen molar-refractivity contribution in [2.45, 2.75) is 38.7 Å². The van der Waals surface area contributed by atoms with Gasteiger partial charge in [0.25, 0.3) is 0 Å². The van der Waals surface area contributed by atoms with Crippen LogP contribution in [0.15, 0.2) is 24.3 Å². The molecule has 2 nitrogen and oxygen atoms in total. The van der Waals surface area contributed by atoms with Crippen LogP contribution in [0, 0.1) is 13.8 Å². The summed E-state index contributed by atoms with van der Waals surface area (Å²) in [4.78, 5) is 5.42. The van der Waals surface area contributed by atoms with Gasteiger partial charge in [0.05, 0.1) is 21.7 Å². The molecule has 94 valence electrons. The van der Waals surface area contributed by atoms with Crippen molar-refractivity contribution in [2.24, 2.45) is 0 Å². The molecule has 0 radical (unpaired) electrons. The van der Waals surface area contributed by atoms with Gasteiger partial charge in [0.2, 0.25) is 0 Å². The maximum Gasteiger partial charge on any atom is 0.0906 e. The molecule has 1 aliphatic carbocycles. The highest BCUT2D eigenvalue weighted by Gasteiger charge is 2.29. The molecule has 3 heteroatoms. The Labute approximate surface area is 111 Å². The minimum absolute atomic E-state index is 0.366. The highest BCUT2D eigenvalue weighted by molar-refractivity contribution is 7.11. The lowest BCUT2D eigenvalue weighted by Gasteiger charge is -2.31. The predicted octanol–water partition coefficient (Wildman–Crippen LogP) is 3.52. The second-order valence-electron chi connectivity index (χ2n) is 5.03. The summed E-state index contributed by atoms with van der Waals surface area (Å²) in [5, 5.41) is 11.4. The molecule has 18 heavy (non-hydrogen) atoms. The Kier molecular flexibility index (Phi) is 2.96. The van der Waals surface area contributed by atoms with Gasteiger partial charge in [0, 0.05) is 0 Å². The number of hydrogen-bond donors (Lipinski definition) is 1. The largest absolute Gasteiger partial charge is 0.387 e. The summed E-state index contributed by atoms with van der Waals surface area (Å²) in [7, 11) is 0. The van der Waals surface area contributed by atoms with Gasteiger partial charge in [-0.05, 0) is 43.7 Å². The topological polar surface area (TPSA) is 33.1 Å². The van der Waals surface area contributed by atoms with Gasteiger partial charge in [0.15, 0.2) is 0 Å². The van der Waals surface area contributed by atoms with Crippen LogP contribution in [0.3, 0.4) is 0 Å². The van der Waals surface area contributed by atoms with Crippen molar-refractivity contribution in [2.75, 3.05) is 0 Å². The van der Waals surface area contributed by atoms with Crippen LogP contribution >= 0.6 is 11.3 Å². The van der Waals surface area contributed by atoms with Gasteiger partial charge in [-0.15, -0.1) is 11.3 Å². The van der Waals surface area contributed by atoms with E-state index in [1.165, 1.54) is 11.1 Å². The van der Waals surface area contributed by atoms with Crippen LogP contribution in [-0.4, -0.2) is 10.1 Å². The Hall–Kier alpha value is -1.19. The van der Waals surface area contributed by atoms with Crippen molar-refractivity contribution in [1.82, 2.24) is 4.98 Å². The summed E-state index contributed by atoms with van der Waals surface area (Å²) in [6, 6.07) is 8.53. The van der Waals surface area contributed by atoms with E-state index in [4.69, 9.17) is 0 Å². The smallest absolute Gasteiger partial charge is 0.0906 e. The molecule has 0 amide bonds. The van der Waals surface area contributed by atoms with E-state index in [0.29, 0.717) is 5.92 Å². The van der Waals surface area contributed by atoms with E-state index in [0.717, 1.165) is 28.4 Å². The normalized spacial score (nSPS) is 19.2. The number of aliphatic hydroxyl groups excluding tert-OH is 1. The molecular formula is C15H17NOS. The van der Waals surface area contributed by atoms with Crippen LogP contribution < -0.4 is 0 Å². The van der Waals surface area contributed by atoms with Gasteiger partial charge < -0.3 is 5.11 Å². The fourth-order valence-corrected chi connectivity index (χ4v) is 3.73. The lowest BCUT2D eigenvalue weighted by atomic mass is 9.74. The third-order valence-electron chi connectivity index (χ3n) is 3.71. The van der Waals surface area contributed by atoms with Gasteiger partial charge in [-0.25, -0.2) is 4.98 Å². The molecule has 2 aromatic rings. The van der Waals surface area contributed by atoms with E-state index in [-0.39, 0.29) is 6.10 Å². The zero-order valence-electron chi connectivity index (χ0n) is 10.7. The van der Waals surface area contributed by atoms with E-state index >= 15 is 0 Å². The van der Waals surface area contributed by atoms with Crippen molar-refractivity contribution >= 4 is 11.3 Å². The van der Waals surface area contributed by atoms with Crippen LogP contribution in [0.4, 0.5) is 0 Å². The van der Waals surface area contributed by atoms with Crippen LogP contribution in [0.25, 0.3) is 0 Å². The number of nitrogens with zero attached hydrogens (tertiary/aromatic N) is 1. The summed E-state index contributed by atoms with van der Waals surface area (Å²) in [6.07, 6.45) is 1.55. The summed E-state index contributed by atoms with van der Waals surface area (Å²) in [5.74, 6) is 0.512. The quantitative estimate of drug-likeness (QED) is 0.914. The first-order chi connectivity index (χ1) is 8.65. The first kappa shape index (κ1) is 11.9. The molecule has 1 N–H and O–H groups in total. The number of benzene rings is 1. The highest BCUT2D eigenvalue weighted by Crippen LogP contribution is 2.41. The van der Waals surface area contributed by atoms with Gasteiger partial charge >= 0.3 is 0 Å². The summed E-state index contributed by atoms with van der Waals surface area (Å²) in [6.45, 7) is 3.98. The molecule has 0 spiro atoms. The number of rotatable bonds is 3. The molecule has 2 unspecified atom stereocenters. The van der Waals surface area contributed by atoms with Gasteiger partial charge in [-0.1, -0.05) is 24.3 Å². The van der Waals surface area contributed by atoms with E-state index < -0.39 is 0 Å². The number of fused-ring (bicyclic) bond motifs is 1. The van der Waals surface area contributed by atoms with Crippen molar-refractivity contribution in [3.8, 4) is 0 Å². The van der Waals surface area contributed by atoms with Crippen LogP contribution in [0.2, 0.25) is 0 Å². The Balaban J connectivity index is 1.74. The van der Waals surface area contributed by atoms with Gasteiger partial charge in [-0.2, -0.15) is 0 Å². The second kappa shape index (κ2) is 4.48. The van der Waals surface area contributed by atoms with Crippen LogP contribution in [0.5, 0.6) is 0 Å². The van der Waals surface area contributed by atoms with Gasteiger partial charge in [0.1, 0.15) is 0 Å².